The van der Waals surface area contributed by atoms with Crippen LogP contribution in [-0.4, -0.2) is 0 Å². The number of nitrogens with one attached hydrogen (secondary N) is 1. The van der Waals surface area contributed by atoms with Gasteiger partial charge in [0.1, 0.15) is 0 Å². The second kappa shape index (κ2) is 5.28. The molecule has 1 nitrogen and oxygen atoms in total. The Morgan fingerprint density at radius 2 is 1.81 bits per heavy atom. The van der Waals surface area contributed by atoms with E-state index in [0.717, 1.165) is 13.1 Å². The molecule has 1 N–H and O–H groups in total. The van der Waals surface area contributed by atoms with E-state index >= 15 is 0 Å². The molecule has 0 unspecified atom stereocenters. The average molecular weight is 231 g/mol. The van der Waals surface area contributed by atoms with Gasteiger partial charge in [0, 0.05) is 22.8 Å². The summed E-state index contributed by atoms with van der Waals surface area (Å²) in [5.74, 6) is 0. The van der Waals surface area contributed by atoms with Gasteiger partial charge < -0.3 is 5.32 Å². The molecule has 1 aromatic carbocycles. The Morgan fingerprint density at radius 1 is 1.06 bits per heavy atom. The number of benzene rings is 1. The zero-order valence-corrected chi connectivity index (χ0v) is 10.6. The van der Waals surface area contributed by atoms with Gasteiger partial charge in [0.25, 0.3) is 0 Å². The Kier molecular flexibility index (Phi) is 3.75. The SMILES string of the molecule is Cc1cc(CNCc2ccccc2)c(C)s1. The minimum Gasteiger partial charge on any atom is -0.309 e. The molecule has 0 aliphatic rings. The summed E-state index contributed by atoms with van der Waals surface area (Å²) in [5.41, 5.74) is 2.77. The van der Waals surface area contributed by atoms with Crippen LogP contribution in [0.4, 0.5) is 0 Å². The van der Waals surface area contributed by atoms with Crippen molar-refractivity contribution in [3.8, 4) is 0 Å². The second-order valence-corrected chi connectivity index (χ2v) is 5.49. The molecule has 0 aliphatic heterocycles. The molecule has 0 saturated heterocycles. The number of thiophene rings is 1. The van der Waals surface area contributed by atoms with Crippen molar-refractivity contribution < 1.29 is 0 Å². The van der Waals surface area contributed by atoms with E-state index in [0.29, 0.717) is 0 Å². The van der Waals surface area contributed by atoms with E-state index in [1.807, 2.05) is 11.3 Å². The summed E-state index contributed by atoms with van der Waals surface area (Å²) >= 11 is 1.88. The lowest BCUT2D eigenvalue weighted by Gasteiger charge is -2.04. The van der Waals surface area contributed by atoms with Gasteiger partial charge in [0.2, 0.25) is 0 Å². The van der Waals surface area contributed by atoms with Crippen LogP contribution in [0, 0.1) is 13.8 Å². The van der Waals surface area contributed by atoms with Crippen LogP contribution >= 0.6 is 11.3 Å². The van der Waals surface area contributed by atoms with Gasteiger partial charge in [-0.2, -0.15) is 0 Å². The minimum atomic E-state index is 0.940. The first-order valence-electron chi connectivity index (χ1n) is 5.56. The molecule has 2 heteroatoms. The highest BCUT2D eigenvalue weighted by Gasteiger charge is 2.01. The molecule has 0 saturated carbocycles. The van der Waals surface area contributed by atoms with Crippen molar-refractivity contribution in [2.75, 3.05) is 0 Å². The summed E-state index contributed by atoms with van der Waals surface area (Å²) in [6.45, 7) is 6.26. The molecule has 0 radical (unpaired) electrons. The van der Waals surface area contributed by atoms with Gasteiger partial charge in [0.05, 0.1) is 0 Å². The first-order valence-corrected chi connectivity index (χ1v) is 6.38. The average Bonchev–Trinajstić information content (AvgIpc) is 2.59. The molecule has 2 rings (SSSR count). The lowest BCUT2D eigenvalue weighted by molar-refractivity contribution is 0.692. The highest BCUT2D eigenvalue weighted by atomic mass is 32.1. The monoisotopic (exact) mass is 231 g/mol. The summed E-state index contributed by atoms with van der Waals surface area (Å²) in [5, 5.41) is 3.48. The summed E-state index contributed by atoms with van der Waals surface area (Å²) < 4.78 is 0. The van der Waals surface area contributed by atoms with Crippen molar-refractivity contribution in [2.24, 2.45) is 0 Å². The predicted molar refractivity (Wildman–Crippen MR) is 70.8 cm³/mol. The molecular formula is C14H17NS. The Hall–Kier alpha value is -1.12. The van der Waals surface area contributed by atoms with Gasteiger partial charge in [-0.05, 0) is 31.0 Å². The van der Waals surface area contributed by atoms with Crippen molar-refractivity contribution in [3.05, 3.63) is 57.3 Å². The maximum Gasteiger partial charge on any atom is 0.0219 e. The molecule has 0 amide bonds. The largest absolute Gasteiger partial charge is 0.309 e. The molecule has 1 heterocycles. The third-order valence-electron chi connectivity index (χ3n) is 2.63. The van der Waals surface area contributed by atoms with Crippen molar-refractivity contribution in [1.82, 2.24) is 5.32 Å². The predicted octanol–water partition coefficient (Wildman–Crippen LogP) is 3.65. The molecule has 1 aromatic heterocycles. The standard InChI is InChI=1S/C14H17NS/c1-11-8-14(12(2)16-11)10-15-9-13-6-4-3-5-7-13/h3-8,15H,9-10H2,1-2H3. The van der Waals surface area contributed by atoms with Crippen molar-refractivity contribution >= 4 is 11.3 Å². The van der Waals surface area contributed by atoms with Gasteiger partial charge in [-0.3, -0.25) is 0 Å². The highest BCUT2D eigenvalue weighted by Crippen LogP contribution is 2.20. The highest BCUT2D eigenvalue weighted by molar-refractivity contribution is 7.12. The Bertz CT molecular complexity index is 445. The van der Waals surface area contributed by atoms with Crippen LogP contribution < -0.4 is 5.32 Å². The lowest BCUT2D eigenvalue weighted by Crippen LogP contribution is -2.12. The van der Waals surface area contributed by atoms with E-state index < -0.39 is 0 Å². The molecule has 0 bridgehead atoms. The number of aryl methyl sites for hydroxylation is 2. The maximum atomic E-state index is 3.48. The number of hydrogen-bond acceptors (Lipinski definition) is 2. The van der Waals surface area contributed by atoms with Crippen molar-refractivity contribution in [2.45, 2.75) is 26.9 Å². The number of rotatable bonds is 4. The normalized spacial score (nSPS) is 10.6. The molecule has 0 atom stereocenters. The molecule has 2 aromatic rings. The van der Waals surface area contributed by atoms with Crippen LogP contribution in [0.25, 0.3) is 0 Å². The van der Waals surface area contributed by atoms with E-state index in [1.54, 1.807) is 0 Å². The van der Waals surface area contributed by atoms with E-state index in [1.165, 1.54) is 20.9 Å². The Morgan fingerprint density at radius 3 is 2.44 bits per heavy atom. The Balaban J connectivity index is 1.87. The van der Waals surface area contributed by atoms with Crippen LogP contribution in [0.1, 0.15) is 20.9 Å². The van der Waals surface area contributed by atoms with E-state index in [2.05, 4.69) is 55.6 Å². The van der Waals surface area contributed by atoms with Crippen LogP contribution in [0.5, 0.6) is 0 Å². The van der Waals surface area contributed by atoms with Crippen LogP contribution in [-0.2, 0) is 13.1 Å². The molecule has 16 heavy (non-hydrogen) atoms. The van der Waals surface area contributed by atoms with Gasteiger partial charge in [-0.25, -0.2) is 0 Å². The fourth-order valence-corrected chi connectivity index (χ4v) is 2.74. The zero-order valence-electron chi connectivity index (χ0n) is 9.79. The topological polar surface area (TPSA) is 12.0 Å². The Labute approximate surface area is 101 Å². The second-order valence-electron chi connectivity index (χ2n) is 4.03. The quantitative estimate of drug-likeness (QED) is 0.847. The van der Waals surface area contributed by atoms with Crippen molar-refractivity contribution in [3.63, 3.8) is 0 Å². The van der Waals surface area contributed by atoms with Gasteiger partial charge in [0.15, 0.2) is 0 Å². The molecule has 0 spiro atoms. The lowest BCUT2D eigenvalue weighted by atomic mass is 10.2. The van der Waals surface area contributed by atoms with Crippen LogP contribution in [0.2, 0.25) is 0 Å². The molecule has 0 fully saturated rings. The van der Waals surface area contributed by atoms with E-state index in [-0.39, 0.29) is 0 Å². The van der Waals surface area contributed by atoms with Crippen LogP contribution in [0.15, 0.2) is 36.4 Å². The molecule has 0 aliphatic carbocycles. The van der Waals surface area contributed by atoms with E-state index in [9.17, 15) is 0 Å². The fourth-order valence-electron chi connectivity index (χ4n) is 1.80. The summed E-state index contributed by atoms with van der Waals surface area (Å²) in [6.07, 6.45) is 0. The summed E-state index contributed by atoms with van der Waals surface area (Å²) in [4.78, 5) is 2.83. The van der Waals surface area contributed by atoms with Gasteiger partial charge in [-0.15, -0.1) is 11.3 Å². The van der Waals surface area contributed by atoms with Gasteiger partial charge >= 0.3 is 0 Å². The molecular weight excluding hydrogens is 214 g/mol. The van der Waals surface area contributed by atoms with E-state index in [4.69, 9.17) is 0 Å². The van der Waals surface area contributed by atoms with Gasteiger partial charge in [-0.1, -0.05) is 30.3 Å². The smallest absolute Gasteiger partial charge is 0.0219 e. The maximum absolute atomic E-state index is 3.48. The summed E-state index contributed by atoms with van der Waals surface area (Å²) in [7, 11) is 0. The third-order valence-corrected chi connectivity index (χ3v) is 3.64. The zero-order chi connectivity index (χ0) is 11.4. The fraction of sp³-hybridized carbons (Fsp3) is 0.286. The summed E-state index contributed by atoms with van der Waals surface area (Å²) in [6, 6.07) is 12.8. The first-order chi connectivity index (χ1) is 7.75. The molecule has 84 valence electrons. The third kappa shape index (κ3) is 2.94. The van der Waals surface area contributed by atoms with Crippen molar-refractivity contribution in [1.29, 1.82) is 0 Å². The van der Waals surface area contributed by atoms with Crippen LogP contribution in [0.3, 0.4) is 0 Å². The number of hydrogen-bond donors (Lipinski definition) is 1. The minimum absolute atomic E-state index is 0.940. The first kappa shape index (κ1) is 11.4.